The summed E-state index contributed by atoms with van der Waals surface area (Å²) in [6.45, 7) is 2.89. The van der Waals surface area contributed by atoms with Crippen molar-refractivity contribution in [1.29, 1.82) is 5.26 Å². The molecule has 0 aliphatic rings. The van der Waals surface area contributed by atoms with Crippen LogP contribution in [0.3, 0.4) is 0 Å². The molecule has 0 unspecified atom stereocenters. The van der Waals surface area contributed by atoms with Crippen molar-refractivity contribution >= 4 is 0 Å². The van der Waals surface area contributed by atoms with E-state index in [-0.39, 0.29) is 0 Å². The van der Waals surface area contributed by atoms with Crippen LogP contribution in [0.2, 0.25) is 0 Å². The van der Waals surface area contributed by atoms with Crippen LogP contribution in [0.15, 0.2) is 18.3 Å². The first-order valence-corrected chi connectivity index (χ1v) is 5.80. The number of nitriles is 1. The summed E-state index contributed by atoms with van der Waals surface area (Å²) in [7, 11) is 6.23. The highest BCUT2D eigenvalue weighted by Crippen LogP contribution is 2.07. The van der Waals surface area contributed by atoms with Crippen molar-refractivity contribution in [3.05, 3.63) is 29.6 Å². The van der Waals surface area contributed by atoms with Gasteiger partial charge in [-0.2, -0.15) is 5.26 Å². The standard InChI is InChI=1S/C13H20N4/c1-16(2)8-5-9-17(3)11-12-6-4-7-15-13(12)10-14/h4,6-7H,5,8-9,11H2,1-3H3. The van der Waals surface area contributed by atoms with Crippen molar-refractivity contribution in [1.82, 2.24) is 14.8 Å². The van der Waals surface area contributed by atoms with Gasteiger partial charge in [-0.25, -0.2) is 4.98 Å². The molecule has 0 bridgehead atoms. The molecule has 0 spiro atoms. The van der Waals surface area contributed by atoms with Crippen molar-refractivity contribution in [3.63, 3.8) is 0 Å². The van der Waals surface area contributed by atoms with Crippen LogP contribution in [0.5, 0.6) is 0 Å². The van der Waals surface area contributed by atoms with E-state index in [4.69, 9.17) is 5.26 Å². The van der Waals surface area contributed by atoms with E-state index in [2.05, 4.69) is 42.0 Å². The molecule has 0 N–H and O–H groups in total. The van der Waals surface area contributed by atoms with Crippen LogP contribution in [0.4, 0.5) is 0 Å². The fourth-order valence-electron chi connectivity index (χ4n) is 1.69. The van der Waals surface area contributed by atoms with E-state index in [0.29, 0.717) is 5.69 Å². The minimum atomic E-state index is 0.534. The molecule has 0 aliphatic heterocycles. The molecule has 0 saturated carbocycles. The number of hydrogen-bond donors (Lipinski definition) is 0. The maximum absolute atomic E-state index is 8.94. The number of aromatic nitrogens is 1. The Labute approximate surface area is 103 Å². The third-order valence-corrected chi connectivity index (χ3v) is 2.58. The van der Waals surface area contributed by atoms with E-state index in [1.54, 1.807) is 6.20 Å². The molecule has 0 saturated heterocycles. The number of pyridine rings is 1. The van der Waals surface area contributed by atoms with E-state index >= 15 is 0 Å². The van der Waals surface area contributed by atoms with Gasteiger partial charge in [-0.05, 0) is 46.7 Å². The van der Waals surface area contributed by atoms with E-state index in [1.165, 1.54) is 0 Å². The average Bonchev–Trinajstić information content (AvgIpc) is 2.29. The predicted molar refractivity (Wildman–Crippen MR) is 68.5 cm³/mol. The molecule has 1 aromatic rings. The fraction of sp³-hybridized carbons (Fsp3) is 0.538. The summed E-state index contributed by atoms with van der Waals surface area (Å²) in [5.74, 6) is 0. The molecule has 1 aromatic heterocycles. The second-order valence-electron chi connectivity index (χ2n) is 4.52. The first-order valence-electron chi connectivity index (χ1n) is 5.80. The topological polar surface area (TPSA) is 43.2 Å². The van der Waals surface area contributed by atoms with Crippen LogP contribution >= 0.6 is 0 Å². The molecule has 1 heterocycles. The average molecular weight is 232 g/mol. The molecule has 92 valence electrons. The predicted octanol–water partition coefficient (Wildman–Crippen LogP) is 1.34. The first kappa shape index (κ1) is 13.6. The Hall–Kier alpha value is -1.44. The Morgan fingerprint density at radius 2 is 2.06 bits per heavy atom. The highest BCUT2D eigenvalue weighted by Gasteiger charge is 2.05. The fourth-order valence-corrected chi connectivity index (χ4v) is 1.69. The maximum Gasteiger partial charge on any atom is 0.144 e. The Morgan fingerprint density at radius 3 is 2.71 bits per heavy atom. The first-order chi connectivity index (χ1) is 8.13. The molecule has 17 heavy (non-hydrogen) atoms. The Kier molecular flexibility index (Phi) is 5.61. The van der Waals surface area contributed by atoms with Crippen molar-refractivity contribution in [2.75, 3.05) is 34.2 Å². The minimum Gasteiger partial charge on any atom is -0.309 e. The Bertz CT molecular complexity index is 381. The summed E-state index contributed by atoms with van der Waals surface area (Å²) < 4.78 is 0. The summed E-state index contributed by atoms with van der Waals surface area (Å²) >= 11 is 0. The number of nitrogens with zero attached hydrogens (tertiary/aromatic N) is 4. The second kappa shape index (κ2) is 7.00. The van der Waals surface area contributed by atoms with E-state index in [9.17, 15) is 0 Å². The summed E-state index contributed by atoms with van der Waals surface area (Å²) in [5.41, 5.74) is 1.54. The summed E-state index contributed by atoms with van der Waals surface area (Å²) in [5, 5.41) is 8.94. The second-order valence-corrected chi connectivity index (χ2v) is 4.52. The van der Waals surface area contributed by atoms with Crippen LogP contribution in [0.25, 0.3) is 0 Å². The van der Waals surface area contributed by atoms with E-state index in [1.807, 2.05) is 12.1 Å². The highest BCUT2D eigenvalue weighted by atomic mass is 15.1. The third-order valence-electron chi connectivity index (χ3n) is 2.58. The lowest BCUT2D eigenvalue weighted by atomic mass is 10.2. The van der Waals surface area contributed by atoms with Gasteiger partial charge >= 0.3 is 0 Å². The molecule has 0 aromatic carbocycles. The molecule has 0 atom stereocenters. The van der Waals surface area contributed by atoms with Gasteiger partial charge in [-0.1, -0.05) is 6.07 Å². The maximum atomic E-state index is 8.94. The minimum absolute atomic E-state index is 0.534. The smallest absolute Gasteiger partial charge is 0.144 e. The molecule has 0 aliphatic carbocycles. The van der Waals surface area contributed by atoms with Crippen LogP contribution in [0, 0.1) is 11.3 Å². The van der Waals surface area contributed by atoms with Crippen molar-refractivity contribution in [3.8, 4) is 6.07 Å². The summed E-state index contributed by atoms with van der Waals surface area (Å²) in [6.07, 6.45) is 2.79. The molecule has 4 heteroatoms. The van der Waals surface area contributed by atoms with Crippen LogP contribution in [-0.4, -0.2) is 49.0 Å². The lowest BCUT2D eigenvalue weighted by Gasteiger charge is -2.18. The lowest BCUT2D eigenvalue weighted by Crippen LogP contribution is -2.23. The van der Waals surface area contributed by atoms with Gasteiger partial charge in [-0.3, -0.25) is 0 Å². The van der Waals surface area contributed by atoms with Gasteiger partial charge in [0.05, 0.1) is 0 Å². The molecular weight excluding hydrogens is 212 g/mol. The van der Waals surface area contributed by atoms with E-state index < -0.39 is 0 Å². The van der Waals surface area contributed by atoms with Gasteiger partial charge in [-0.15, -0.1) is 0 Å². The van der Waals surface area contributed by atoms with Gasteiger partial charge in [0.2, 0.25) is 0 Å². The summed E-state index contributed by atoms with van der Waals surface area (Å²) in [6, 6.07) is 5.97. The zero-order valence-corrected chi connectivity index (χ0v) is 10.8. The van der Waals surface area contributed by atoms with Crippen LogP contribution in [-0.2, 0) is 6.54 Å². The quantitative estimate of drug-likeness (QED) is 0.742. The van der Waals surface area contributed by atoms with Crippen molar-refractivity contribution < 1.29 is 0 Å². The molecule has 0 fully saturated rings. The van der Waals surface area contributed by atoms with Crippen LogP contribution in [0.1, 0.15) is 17.7 Å². The third kappa shape index (κ3) is 4.94. The van der Waals surface area contributed by atoms with Gasteiger partial charge in [0.1, 0.15) is 11.8 Å². The number of hydrogen-bond acceptors (Lipinski definition) is 4. The van der Waals surface area contributed by atoms with Gasteiger partial charge in [0, 0.05) is 18.3 Å². The van der Waals surface area contributed by atoms with Crippen LogP contribution < -0.4 is 0 Å². The zero-order valence-electron chi connectivity index (χ0n) is 10.8. The number of rotatable bonds is 6. The Balaban J connectivity index is 2.45. The van der Waals surface area contributed by atoms with Gasteiger partial charge in [0.15, 0.2) is 0 Å². The monoisotopic (exact) mass is 232 g/mol. The highest BCUT2D eigenvalue weighted by molar-refractivity contribution is 5.30. The zero-order chi connectivity index (χ0) is 12.7. The summed E-state index contributed by atoms with van der Waals surface area (Å²) in [4.78, 5) is 8.47. The van der Waals surface area contributed by atoms with Gasteiger partial charge in [0.25, 0.3) is 0 Å². The SMILES string of the molecule is CN(C)CCCN(C)Cc1cccnc1C#N. The lowest BCUT2D eigenvalue weighted by molar-refractivity contribution is 0.294. The molecular formula is C13H20N4. The molecule has 0 radical (unpaired) electrons. The van der Waals surface area contributed by atoms with E-state index in [0.717, 1.165) is 31.6 Å². The van der Waals surface area contributed by atoms with Crippen molar-refractivity contribution in [2.45, 2.75) is 13.0 Å². The normalized spacial score (nSPS) is 10.8. The molecule has 4 nitrogen and oxygen atoms in total. The van der Waals surface area contributed by atoms with Gasteiger partial charge < -0.3 is 9.80 Å². The molecule has 0 amide bonds. The molecule has 1 rings (SSSR count). The Morgan fingerprint density at radius 1 is 1.29 bits per heavy atom. The van der Waals surface area contributed by atoms with Crippen molar-refractivity contribution in [2.24, 2.45) is 0 Å². The largest absolute Gasteiger partial charge is 0.309 e.